The predicted octanol–water partition coefficient (Wildman–Crippen LogP) is -0.753. The van der Waals surface area contributed by atoms with Gasteiger partial charge in [0, 0.05) is 6.04 Å². The van der Waals surface area contributed by atoms with E-state index in [0.717, 1.165) is 0 Å². The highest BCUT2D eigenvalue weighted by Gasteiger charge is 2.21. The van der Waals surface area contributed by atoms with Crippen LogP contribution in [0.25, 0.3) is 0 Å². The highest BCUT2D eigenvalue weighted by molar-refractivity contribution is 5.56. The van der Waals surface area contributed by atoms with Crippen molar-refractivity contribution >= 4 is 6.29 Å². The van der Waals surface area contributed by atoms with Crippen LogP contribution in [0.5, 0.6) is 0 Å². The number of nitrogens with zero attached hydrogens (tertiary/aromatic N) is 1. The minimum atomic E-state index is -1.02. The number of aliphatic hydroxyl groups is 2. The van der Waals surface area contributed by atoms with E-state index in [-0.39, 0.29) is 6.04 Å². The van der Waals surface area contributed by atoms with Crippen LogP contribution in [0, 0.1) is 0 Å². The van der Waals surface area contributed by atoms with Crippen molar-refractivity contribution in [3.05, 3.63) is 0 Å². The molecule has 0 aromatic carbocycles. The van der Waals surface area contributed by atoms with Gasteiger partial charge in [0.2, 0.25) is 0 Å². The maximum Gasteiger partial charge on any atom is 0.150 e. The lowest BCUT2D eigenvalue weighted by molar-refractivity contribution is -0.118. The number of aldehydes is 1. The van der Waals surface area contributed by atoms with E-state index < -0.39 is 12.2 Å². The molecule has 0 aliphatic carbocycles. The molecule has 0 aliphatic rings. The normalized spacial score (nSPS) is 18.8. The second-order valence-electron chi connectivity index (χ2n) is 3.24. The summed E-state index contributed by atoms with van der Waals surface area (Å²) in [7, 11) is 3.53. The van der Waals surface area contributed by atoms with E-state index in [1.54, 1.807) is 25.9 Å². The minimum absolute atomic E-state index is 0.303. The first-order chi connectivity index (χ1) is 5.49. The highest BCUT2D eigenvalue weighted by atomic mass is 16.3. The molecule has 4 heteroatoms. The number of carbonyl (C=O) groups is 1. The topological polar surface area (TPSA) is 60.8 Å². The standard InChI is InChI=1S/C8H17NO3/c1-6(11)4-7(9(2)3)8(12)5-10/h5-8,11-12H,4H2,1-3H3/t6-,7-,8+/m0/s1. The summed E-state index contributed by atoms with van der Waals surface area (Å²) >= 11 is 0. The van der Waals surface area contributed by atoms with Crippen molar-refractivity contribution < 1.29 is 15.0 Å². The number of rotatable bonds is 5. The van der Waals surface area contributed by atoms with Crippen LogP contribution in [-0.4, -0.2) is 53.7 Å². The summed E-state index contributed by atoms with van der Waals surface area (Å²) < 4.78 is 0. The van der Waals surface area contributed by atoms with Crippen LogP contribution in [0.3, 0.4) is 0 Å². The molecule has 0 saturated heterocycles. The van der Waals surface area contributed by atoms with Crippen molar-refractivity contribution in [1.29, 1.82) is 0 Å². The van der Waals surface area contributed by atoms with Crippen LogP contribution in [-0.2, 0) is 4.79 Å². The van der Waals surface area contributed by atoms with Crippen LogP contribution in [0.1, 0.15) is 13.3 Å². The lowest BCUT2D eigenvalue weighted by atomic mass is 10.0. The maximum atomic E-state index is 10.3. The van der Waals surface area contributed by atoms with Gasteiger partial charge in [-0.2, -0.15) is 0 Å². The fraction of sp³-hybridized carbons (Fsp3) is 0.875. The van der Waals surface area contributed by atoms with Gasteiger partial charge >= 0.3 is 0 Å². The largest absolute Gasteiger partial charge is 0.393 e. The van der Waals surface area contributed by atoms with Gasteiger partial charge < -0.3 is 19.9 Å². The van der Waals surface area contributed by atoms with Gasteiger partial charge in [-0.3, -0.25) is 0 Å². The second kappa shape index (κ2) is 5.24. The number of hydrogen-bond donors (Lipinski definition) is 2. The average Bonchev–Trinajstić information content (AvgIpc) is 1.98. The first-order valence-corrected chi connectivity index (χ1v) is 3.97. The Bertz CT molecular complexity index is 136. The molecule has 0 rings (SSSR count). The van der Waals surface area contributed by atoms with Gasteiger partial charge in [-0.25, -0.2) is 0 Å². The van der Waals surface area contributed by atoms with Crippen molar-refractivity contribution in [3.8, 4) is 0 Å². The third kappa shape index (κ3) is 3.80. The Morgan fingerprint density at radius 1 is 1.42 bits per heavy atom. The Morgan fingerprint density at radius 3 is 2.17 bits per heavy atom. The number of carbonyl (C=O) groups excluding carboxylic acids is 1. The zero-order valence-electron chi connectivity index (χ0n) is 7.77. The Morgan fingerprint density at radius 2 is 1.92 bits per heavy atom. The Kier molecular flexibility index (Phi) is 5.04. The number of aliphatic hydroxyl groups excluding tert-OH is 2. The van der Waals surface area contributed by atoms with Gasteiger partial charge in [0.1, 0.15) is 12.4 Å². The van der Waals surface area contributed by atoms with Gasteiger partial charge in [-0.05, 0) is 27.4 Å². The van der Waals surface area contributed by atoms with E-state index in [4.69, 9.17) is 5.11 Å². The Hall–Kier alpha value is -0.450. The quantitative estimate of drug-likeness (QED) is 0.540. The Labute approximate surface area is 72.8 Å². The van der Waals surface area contributed by atoms with Crippen LogP contribution >= 0.6 is 0 Å². The smallest absolute Gasteiger partial charge is 0.150 e. The SMILES string of the molecule is C[C@H](O)C[C@@H]([C@H](O)C=O)N(C)C. The van der Waals surface area contributed by atoms with Gasteiger partial charge in [0.05, 0.1) is 6.10 Å². The zero-order chi connectivity index (χ0) is 9.72. The van der Waals surface area contributed by atoms with Crippen LogP contribution in [0.15, 0.2) is 0 Å². The van der Waals surface area contributed by atoms with Crippen molar-refractivity contribution in [2.75, 3.05) is 14.1 Å². The molecule has 2 N–H and O–H groups in total. The van der Waals surface area contributed by atoms with Crippen LogP contribution in [0.2, 0.25) is 0 Å². The first kappa shape index (κ1) is 11.6. The summed E-state index contributed by atoms with van der Waals surface area (Å²) in [6.45, 7) is 1.63. The molecule has 0 aromatic rings. The van der Waals surface area contributed by atoms with E-state index in [2.05, 4.69) is 0 Å². The lowest BCUT2D eigenvalue weighted by Crippen LogP contribution is -2.41. The number of hydrogen-bond acceptors (Lipinski definition) is 4. The monoisotopic (exact) mass is 175 g/mol. The average molecular weight is 175 g/mol. The summed E-state index contributed by atoms with van der Waals surface area (Å²) in [5.41, 5.74) is 0. The van der Waals surface area contributed by atoms with Gasteiger partial charge in [-0.1, -0.05) is 0 Å². The second-order valence-corrected chi connectivity index (χ2v) is 3.24. The molecule has 0 bridgehead atoms. The lowest BCUT2D eigenvalue weighted by Gasteiger charge is -2.26. The molecule has 0 amide bonds. The van der Waals surface area contributed by atoms with E-state index in [0.29, 0.717) is 12.7 Å². The molecule has 0 radical (unpaired) electrons. The highest BCUT2D eigenvalue weighted by Crippen LogP contribution is 2.07. The predicted molar refractivity (Wildman–Crippen MR) is 45.8 cm³/mol. The van der Waals surface area contributed by atoms with Crippen molar-refractivity contribution in [3.63, 3.8) is 0 Å². The third-order valence-corrected chi connectivity index (χ3v) is 1.78. The molecule has 0 unspecified atom stereocenters. The van der Waals surface area contributed by atoms with Crippen LogP contribution in [0.4, 0.5) is 0 Å². The molecule has 72 valence electrons. The molecule has 4 nitrogen and oxygen atoms in total. The van der Waals surface area contributed by atoms with Gasteiger partial charge in [0.15, 0.2) is 0 Å². The summed E-state index contributed by atoms with van der Waals surface area (Å²) in [5.74, 6) is 0. The van der Waals surface area contributed by atoms with E-state index >= 15 is 0 Å². The maximum absolute atomic E-state index is 10.3. The molecule has 3 atom stereocenters. The fourth-order valence-corrected chi connectivity index (χ4v) is 1.10. The zero-order valence-corrected chi connectivity index (χ0v) is 7.77. The van der Waals surface area contributed by atoms with Crippen molar-refractivity contribution in [2.45, 2.75) is 31.6 Å². The fourth-order valence-electron chi connectivity index (χ4n) is 1.10. The summed E-state index contributed by atoms with van der Waals surface area (Å²) in [5, 5.41) is 18.3. The molecule has 0 aliphatic heterocycles. The van der Waals surface area contributed by atoms with E-state index in [1.165, 1.54) is 0 Å². The molecular weight excluding hydrogens is 158 g/mol. The number of likely N-dealkylation sites (N-methyl/N-ethyl adjacent to an activating group) is 1. The molecular formula is C8H17NO3. The molecule has 12 heavy (non-hydrogen) atoms. The summed E-state index contributed by atoms with van der Waals surface area (Å²) in [4.78, 5) is 12.0. The van der Waals surface area contributed by atoms with Gasteiger partial charge in [0.25, 0.3) is 0 Å². The first-order valence-electron chi connectivity index (χ1n) is 3.97. The van der Waals surface area contributed by atoms with Crippen LogP contribution < -0.4 is 0 Å². The third-order valence-electron chi connectivity index (χ3n) is 1.78. The van der Waals surface area contributed by atoms with E-state index in [9.17, 15) is 9.90 Å². The molecule has 0 fully saturated rings. The molecule has 0 saturated carbocycles. The summed E-state index contributed by atoms with van der Waals surface area (Å²) in [6, 6.07) is -0.303. The summed E-state index contributed by atoms with van der Waals surface area (Å²) in [6.07, 6.45) is -0.637. The molecule has 0 heterocycles. The molecule has 0 aromatic heterocycles. The Balaban J connectivity index is 4.12. The minimum Gasteiger partial charge on any atom is -0.393 e. The van der Waals surface area contributed by atoms with Crippen molar-refractivity contribution in [1.82, 2.24) is 4.90 Å². The van der Waals surface area contributed by atoms with Gasteiger partial charge in [-0.15, -0.1) is 0 Å². The van der Waals surface area contributed by atoms with E-state index in [1.807, 2.05) is 0 Å². The molecule has 0 spiro atoms. The van der Waals surface area contributed by atoms with Crippen molar-refractivity contribution in [2.24, 2.45) is 0 Å².